The maximum Gasteiger partial charge on any atom is 0.263 e. The van der Waals surface area contributed by atoms with Crippen LogP contribution >= 0.6 is 34.5 Å². The molecule has 2 aromatic heterocycles. The molecule has 3 heterocycles. The van der Waals surface area contributed by atoms with Crippen LogP contribution in [0.5, 0.6) is 0 Å². The highest BCUT2D eigenvalue weighted by Crippen LogP contribution is 2.40. The van der Waals surface area contributed by atoms with Gasteiger partial charge in [0.1, 0.15) is 9.71 Å². The molecular weight excluding hydrogens is 421 g/mol. The van der Waals surface area contributed by atoms with Gasteiger partial charge in [-0.1, -0.05) is 29.3 Å². The average molecular weight is 438 g/mol. The standard InChI is InChI=1S/C18H17Cl2N5O2S/c1-22-16(26)15-13(21)12-14(8-2-3-10(19)11(20)6-8)24-18(25-17(12)28-15)23-9-4-5-27-7-9/h2-3,6,9H,4-5,7,21H2,1H3,(H,22,26)(H,23,24,25)/t9-/m1/s1. The van der Waals surface area contributed by atoms with Crippen molar-refractivity contribution in [3.8, 4) is 11.3 Å². The second kappa shape index (κ2) is 7.71. The summed E-state index contributed by atoms with van der Waals surface area (Å²) in [5.74, 6) is 0.188. The third-order valence-electron chi connectivity index (χ3n) is 4.48. The fourth-order valence-corrected chi connectivity index (χ4v) is 4.39. The maximum absolute atomic E-state index is 12.2. The number of hydrogen-bond acceptors (Lipinski definition) is 7. The molecule has 1 saturated heterocycles. The number of nitrogens with one attached hydrogen (secondary N) is 2. The van der Waals surface area contributed by atoms with Crippen molar-refractivity contribution < 1.29 is 9.53 Å². The Hall–Kier alpha value is -2.13. The number of halogens is 2. The summed E-state index contributed by atoms with van der Waals surface area (Å²) >= 11 is 13.5. The minimum Gasteiger partial charge on any atom is -0.397 e. The van der Waals surface area contributed by atoms with Crippen LogP contribution in [0.25, 0.3) is 21.5 Å². The van der Waals surface area contributed by atoms with Crippen molar-refractivity contribution in [3.05, 3.63) is 33.1 Å². The van der Waals surface area contributed by atoms with Gasteiger partial charge in [-0.3, -0.25) is 4.79 Å². The minimum absolute atomic E-state index is 0.134. The Morgan fingerprint density at radius 2 is 2.14 bits per heavy atom. The number of nitrogens with zero attached hydrogens (tertiary/aromatic N) is 2. The predicted octanol–water partition coefficient (Wildman–Crippen LogP) is 3.81. The molecular formula is C18H17Cl2N5O2S. The number of fused-ring (bicyclic) bond motifs is 1. The summed E-state index contributed by atoms with van der Waals surface area (Å²) in [5.41, 5.74) is 7.98. The van der Waals surface area contributed by atoms with Crippen molar-refractivity contribution in [3.63, 3.8) is 0 Å². The highest BCUT2D eigenvalue weighted by atomic mass is 35.5. The van der Waals surface area contributed by atoms with E-state index in [9.17, 15) is 4.79 Å². The lowest BCUT2D eigenvalue weighted by atomic mass is 10.1. The van der Waals surface area contributed by atoms with E-state index < -0.39 is 0 Å². The summed E-state index contributed by atoms with van der Waals surface area (Å²) < 4.78 is 5.41. The summed E-state index contributed by atoms with van der Waals surface area (Å²) in [6, 6.07) is 5.38. The van der Waals surface area contributed by atoms with E-state index in [1.165, 1.54) is 11.3 Å². The first-order chi connectivity index (χ1) is 13.5. The fourth-order valence-electron chi connectivity index (χ4n) is 3.05. The Morgan fingerprint density at radius 3 is 2.82 bits per heavy atom. The predicted molar refractivity (Wildman–Crippen MR) is 114 cm³/mol. The molecule has 1 atom stereocenters. The van der Waals surface area contributed by atoms with Crippen molar-refractivity contribution in [2.24, 2.45) is 0 Å². The quantitative estimate of drug-likeness (QED) is 0.573. The molecule has 10 heteroatoms. The lowest BCUT2D eigenvalue weighted by molar-refractivity contribution is 0.0968. The van der Waals surface area contributed by atoms with Crippen LogP contribution in [-0.2, 0) is 4.74 Å². The van der Waals surface area contributed by atoms with Gasteiger partial charge in [-0.15, -0.1) is 11.3 Å². The molecule has 0 aliphatic carbocycles. The zero-order valence-electron chi connectivity index (χ0n) is 14.9. The van der Waals surface area contributed by atoms with E-state index in [2.05, 4.69) is 20.6 Å². The molecule has 1 amide bonds. The topological polar surface area (TPSA) is 102 Å². The fraction of sp³-hybridized carbons (Fsp3) is 0.278. The number of nitrogens with two attached hydrogens (primary N) is 1. The number of aromatic nitrogens is 2. The van der Waals surface area contributed by atoms with Crippen molar-refractivity contribution >= 4 is 62.3 Å². The van der Waals surface area contributed by atoms with Gasteiger partial charge in [-0.05, 0) is 18.6 Å². The third kappa shape index (κ3) is 3.48. The van der Waals surface area contributed by atoms with E-state index >= 15 is 0 Å². The monoisotopic (exact) mass is 437 g/mol. The number of nitrogen functional groups attached to an aromatic ring is 1. The van der Waals surface area contributed by atoms with Gasteiger partial charge in [0.2, 0.25) is 5.95 Å². The van der Waals surface area contributed by atoms with Crippen molar-refractivity contribution in [2.75, 3.05) is 31.3 Å². The number of carbonyl (C=O) groups excluding carboxylic acids is 1. The normalized spacial score (nSPS) is 16.5. The van der Waals surface area contributed by atoms with Crippen LogP contribution in [0.15, 0.2) is 18.2 Å². The zero-order valence-corrected chi connectivity index (χ0v) is 17.2. The number of hydrogen-bond donors (Lipinski definition) is 3. The number of anilines is 2. The summed E-state index contributed by atoms with van der Waals surface area (Å²) in [6.45, 7) is 1.30. The Labute approximate surface area is 175 Å². The molecule has 0 unspecified atom stereocenters. The Bertz CT molecular complexity index is 1070. The average Bonchev–Trinajstić information content (AvgIpc) is 3.31. The number of benzene rings is 1. The molecule has 28 heavy (non-hydrogen) atoms. The number of carbonyl (C=O) groups is 1. The van der Waals surface area contributed by atoms with Gasteiger partial charge in [0.25, 0.3) is 5.91 Å². The first-order valence-corrected chi connectivity index (χ1v) is 10.2. The zero-order chi connectivity index (χ0) is 19.8. The molecule has 7 nitrogen and oxygen atoms in total. The smallest absolute Gasteiger partial charge is 0.263 e. The van der Waals surface area contributed by atoms with Gasteiger partial charge in [0.05, 0.1) is 39.5 Å². The van der Waals surface area contributed by atoms with E-state index in [4.69, 9.17) is 33.7 Å². The van der Waals surface area contributed by atoms with Gasteiger partial charge < -0.3 is 21.1 Å². The molecule has 3 aromatic rings. The molecule has 0 spiro atoms. The van der Waals surface area contributed by atoms with Crippen molar-refractivity contribution in [1.29, 1.82) is 0 Å². The molecule has 4 rings (SSSR count). The van der Waals surface area contributed by atoms with Crippen LogP contribution in [0.4, 0.5) is 11.6 Å². The first kappa shape index (κ1) is 19.2. The maximum atomic E-state index is 12.2. The minimum atomic E-state index is -0.265. The van der Waals surface area contributed by atoms with Crippen molar-refractivity contribution in [1.82, 2.24) is 15.3 Å². The Kier molecular flexibility index (Phi) is 5.29. The number of rotatable bonds is 4. The van der Waals surface area contributed by atoms with Gasteiger partial charge in [0.15, 0.2) is 0 Å². The number of ether oxygens (including phenoxy) is 1. The molecule has 1 fully saturated rings. The molecule has 0 saturated carbocycles. The molecule has 0 bridgehead atoms. The van der Waals surface area contributed by atoms with E-state index in [0.29, 0.717) is 55.7 Å². The van der Waals surface area contributed by atoms with E-state index in [-0.39, 0.29) is 11.9 Å². The third-order valence-corrected chi connectivity index (χ3v) is 6.31. The van der Waals surface area contributed by atoms with Crippen LogP contribution < -0.4 is 16.4 Å². The molecule has 0 radical (unpaired) electrons. The van der Waals surface area contributed by atoms with Gasteiger partial charge in [-0.2, -0.15) is 0 Å². The van der Waals surface area contributed by atoms with E-state index in [1.54, 1.807) is 19.2 Å². The lowest BCUT2D eigenvalue weighted by Gasteiger charge is -2.13. The summed E-state index contributed by atoms with van der Waals surface area (Å²) in [4.78, 5) is 22.5. The highest BCUT2D eigenvalue weighted by Gasteiger charge is 2.23. The molecule has 1 aliphatic heterocycles. The lowest BCUT2D eigenvalue weighted by Crippen LogP contribution is -2.20. The van der Waals surface area contributed by atoms with Crippen LogP contribution in [0.3, 0.4) is 0 Å². The number of amides is 1. The summed E-state index contributed by atoms with van der Waals surface area (Å²) in [5, 5.41) is 7.38. The summed E-state index contributed by atoms with van der Waals surface area (Å²) in [6.07, 6.45) is 0.875. The number of thiophene rings is 1. The largest absolute Gasteiger partial charge is 0.397 e. The molecule has 1 aliphatic rings. The Morgan fingerprint density at radius 1 is 1.32 bits per heavy atom. The van der Waals surface area contributed by atoms with E-state index in [0.717, 1.165) is 12.0 Å². The molecule has 4 N–H and O–H groups in total. The first-order valence-electron chi connectivity index (χ1n) is 8.59. The van der Waals surface area contributed by atoms with Crippen LogP contribution in [0.2, 0.25) is 10.0 Å². The van der Waals surface area contributed by atoms with Gasteiger partial charge in [0, 0.05) is 19.2 Å². The second-order valence-corrected chi connectivity index (χ2v) is 8.15. The Balaban J connectivity index is 1.91. The SMILES string of the molecule is CNC(=O)c1sc2nc(N[C@@H]3CCOC3)nc(-c3ccc(Cl)c(Cl)c3)c2c1N. The van der Waals surface area contributed by atoms with Gasteiger partial charge in [-0.25, -0.2) is 9.97 Å². The summed E-state index contributed by atoms with van der Waals surface area (Å²) in [7, 11) is 1.56. The van der Waals surface area contributed by atoms with Crippen LogP contribution in [0.1, 0.15) is 16.1 Å². The second-order valence-electron chi connectivity index (χ2n) is 6.33. The van der Waals surface area contributed by atoms with Crippen LogP contribution in [-0.4, -0.2) is 42.2 Å². The van der Waals surface area contributed by atoms with Crippen molar-refractivity contribution in [2.45, 2.75) is 12.5 Å². The van der Waals surface area contributed by atoms with E-state index in [1.807, 2.05) is 6.07 Å². The molecule has 1 aromatic carbocycles. The van der Waals surface area contributed by atoms with Crippen LogP contribution in [0, 0.1) is 0 Å². The van der Waals surface area contributed by atoms with Gasteiger partial charge >= 0.3 is 0 Å². The molecule has 146 valence electrons. The highest BCUT2D eigenvalue weighted by molar-refractivity contribution is 7.21.